The predicted molar refractivity (Wildman–Crippen MR) is 92.0 cm³/mol. The molecule has 1 aromatic heterocycles. The van der Waals surface area contributed by atoms with Gasteiger partial charge in [0, 0.05) is 11.5 Å². The van der Waals surface area contributed by atoms with E-state index in [1.807, 2.05) is 0 Å². The molecule has 2 aromatic carbocycles. The summed E-state index contributed by atoms with van der Waals surface area (Å²) in [4.78, 5) is 0. The molecule has 4 heteroatoms. The van der Waals surface area contributed by atoms with Gasteiger partial charge < -0.3 is 0 Å². The van der Waals surface area contributed by atoms with Crippen LogP contribution in [0.15, 0.2) is 59.2 Å². The summed E-state index contributed by atoms with van der Waals surface area (Å²) in [6, 6.07) is 12.7. The molecule has 4 rings (SSSR count). The maximum Gasteiger partial charge on any atom is 0.205 e. The van der Waals surface area contributed by atoms with Crippen LogP contribution in [0.2, 0.25) is 0 Å². The van der Waals surface area contributed by atoms with Gasteiger partial charge in [-0.1, -0.05) is 53.6 Å². The van der Waals surface area contributed by atoms with Crippen molar-refractivity contribution in [3.63, 3.8) is 0 Å². The summed E-state index contributed by atoms with van der Waals surface area (Å²) >= 11 is 0. The van der Waals surface area contributed by atoms with Gasteiger partial charge in [0.25, 0.3) is 0 Å². The minimum atomic E-state index is 0.271. The first-order valence-corrected chi connectivity index (χ1v) is 7.78. The van der Waals surface area contributed by atoms with E-state index in [0.717, 1.165) is 10.9 Å². The van der Waals surface area contributed by atoms with Gasteiger partial charge in [-0.2, -0.15) is 5.21 Å². The van der Waals surface area contributed by atoms with E-state index in [4.69, 9.17) is 0 Å². The average molecular weight is 302 g/mol. The Balaban J connectivity index is 2.03. The molecule has 0 aliphatic heterocycles. The van der Waals surface area contributed by atoms with Crippen LogP contribution in [0.1, 0.15) is 32.3 Å². The van der Waals surface area contributed by atoms with Gasteiger partial charge in [0.1, 0.15) is 0 Å². The zero-order chi connectivity index (χ0) is 16.0. The van der Waals surface area contributed by atoms with Crippen LogP contribution in [-0.4, -0.2) is 20.6 Å². The van der Waals surface area contributed by atoms with Crippen molar-refractivity contribution in [3.05, 3.63) is 64.8 Å². The first-order valence-electron chi connectivity index (χ1n) is 7.78. The first-order chi connectivity index (χ1) is 11.2. The molecule has 4 nitrogen and oxygen atoms in total. The van der Waals surface area contributed by atoms with Gasteiger partial charge in [0.15, 0.2) is 0 Å². The Hall–Kier alpha value is -2.75. The topological polar surface area (TPSA) is 54.5 Å². The smallest absolute Gasteiger partial charge is 0.177 e. The minimum absolute atomic E-state index is 0.271. The van der Waals surface area contributed by atoms with E-state index in [2.05, 4.69) is 83.9 Å². The highest BCUT2D eigenvalue weighted by Gasteiger charge is 2.25. The molecule has 0 saturated heterocycles. The molecule has 1 unspecified atom stereocenters. The molecule has 0 saturated carbocycles. The number of benzene rings is 2. The molecule has 1 aliphatic rings. The minimum Gasteiger partial charge on any atom is -0.177 e. The van der Waals surface area contributed by atoms with E-state index in [1.165, 1.54) is 27.7 Å². The number of rotatable bonds is 2. The third-order valence-corrected chi connectivity index (χ3v) is 4.93. The Kier molecular flexibility index (Phi) is 3.11. The maximum atomic E-state index is 4.25. The molecule has 114 valence electrons. The van der Waals surface area contributed by atoms with Crippen molar-refractivity contribution < 1.29 is 0 Å². The third kappa shape index (κ3) is 2.10. The highest BCUT2D eigenvalue weighted by atomic mass is 15.5. The van der Waals surface area contributed by atoms with Crippen LogP contribution < -0.4 is 0 Å². The number of hydrogen-bond donors (Lipinski definition) is 1. The van der Waals surface area contributed by atoms with Gasteiger partial charge in [0.05, 0.1) is 0 Å². The van der Waals surface area contributed by atoms with Gasteiger partial charge in [-0.05, 0) is 47.9 Å². The Morgan fingerprint density at radius 3 is 2.52 bits per heavy atom. The van der Waals surface area contributed by atoms with E-state index in [9.17, 15) is 0 Å². The molecule has 3 aromatic rings. The van der Waals surface area contributed by atoms with E-state index in [0.29, 0.717) is 5.82 Å². The first kappa shape index (κ1) is 13.9. The summed E-state index contributed by atoms with van der Waals surface area (Å²) < 4.78 is 0. The number of tetrazole rings is 1. The fraction of sp³-hybridized carbons (Fsp3) is 0.211. The Morgan fingerprint density at radius 1 is 1.00 bits per heavy atom. The molecule has 0 bridgehead atoms. The van der Waals surface area contributed by atoms with Crippen LogP contribution in [0.4, 0.5) is 0 Å². The number of nitrogens with one attached hydrogen (secondary N) is 1. The van der Waals surface area contributed by atoms with Gasteiger partial charge in [-0.15, -0.1) is 10.2 Å². The van der Waals surface area contributed by atoms with Crippen molar-refractivity contribution in [2.45, 2.75) is 26.7 Å². The zero-order valence-electron chi connectivity index (χ0n) is 13.5. The van der Waals surface area contributed by atoms with Crippen molar-refractivity contribution in [1.82, 2.24) is 20.6 Å². The van der Waals surface area contributed by atoms with Crippen LogP contribution >= 0.6 is 0 Å². The molecule has 1 heterocycles. The summed E-state index contributed by atoms with van der Waals surface area (Å²) in [5.74, 6) is 0.924. The third-order valence-electron chi connectivity index (χ3n) is 4.93. The van der Waals surface area contributed by atoms with E-state index < -0.39 is 0 Å². The predicted octanol–water partition coefficient (Wildman–Crippen LogP) is 4.40. The van der Waals surface area contributed by atoms with E-state index in [-0.39, 0.29) is 5.92 Å². The number of hydrogen-bond acceptors (Lipinski definition) is 3. The highest BCUT2D eigenvalue weighted by molar-refractivity contribution is 5.97. The van der Waals surface area contributed by atoms with E-state index in [1.54, 1.807) is 0 Å². The number of fused-ring (bicyclic) bond motifs is 1. The van der Waals surface area contributed by atoms with Gasteiger partial charge >= 0.3 is 0 Å². The van der Waals surface area contributed by atoms with Crippen LogP contribution in [0.5, 0.6) is 0 Å². The number of nitrogens with zero attached hydrogens (tertiary/aromatic N) is 3. The van der Waals surface area contributed by atoms with Crippen molar-refractivity contribution in [3.8, 4) is 11.4 Å². The number of aromatic amines is 1. The zero-order valence-corrected chi connectivity index (χ0v) is 13.5. The summed E-state index contributed by atoms with van der Waals surface area (Å²) in [5, 5.41) is 17.2. The van der Waals surface area contributed by atoms with Crippen LogP contribution in [0, 0.1) is 0 Å². The number of H-pyrrole nitrogens is 1. The average Bonchev–Trinajstić information content (AvgIpc) is 3.18. The summed E-state index contributed by atoms with van der Waals surface area (Å²) in [6.07, 6.45) is 2.33. The maximum absolute atomic E-state index is 4.25. The highest BCUT2D eigenvalue weighted by Crippen LogP contribution is 2.42. The lowest BCUT2D eigenvalue weighted by atomic mass is 9.87. The largest absolute Gasteiger partial charge is 0.205 e. The quantitative estimate of drug-likeness (QED) is 0.763. The molecule has 1 aliphatic carbocycles. The summed E-state index contributed by atoms with van der Waals surface area (Å²) in [7, 11) is 0. The Morgan fingerprint density at radius 2 is 1.83 bits per heavy atom. The summed E-state index contributed by atoms with van der Waals surface area (Å²) in [6.45, 7) is 6.58. The SMILES string of the molecule is CC1=CC(c2ccc3ccccc3c2-c2nn[nH]n2)C(C)=C1C. The van der Waals surface area contributed by atoms with Crippen molar-refractivity contribution in [2.75, 3.05) is 0 Å². The van der Waals surface area contributed by atoms with Crippen LogP contribution in [0.25, 0.3) is 22.2 Å². The normalized spacial score (nSPS) is 17.9. The van der Waals surface area contributed by atoms with Gasteiger partial charge in [-0.3, -0.25) is 0 Å². The molecule has 0 fully saturated rings. The molecule has 0 spiro atoms. The van der Waals surface area contributed by atoms with Crippen molar-refractivity contribution in [2.24, 2.45) is 0 Å². The molecule has 0 radical (unpaired) electrons. The Labute approximate surface area is 134 Å². The number of allylic oxidation sites excluding steroid dienone is 4. The van der Waals surface area contributed by atoms with Crippen molar-refractivity contribution in [1.29, 1.82) is 0 Å². The molecule has 0 amide bonds. The fourth-order valence-corrected chi connectivity index (χ4v) is 3.43. The lowest BCUT2D eigenvalue weighted by Gasteiger charge is -2.17. The number of aromatic nitrogens is 4. The second-order valence-corrected chi connectivity index (χ2v) is 6.12. The van der Waals surface area contributed by atoms with Gasteiger partial charge in [0.2, 0.25) is 5.82 Å². The standard InChI is InChI=1S/C19H18N4/c1-11-10-17(13(3)12(11)2)16-9-8-14-6-4-5-7-15(14)18(16)19-20-22-23-21-19/h4-10,17H,1-3H3,(H,20,21,22,23). The molecule has 1 N–H and O–H groups in total. The molecular weight excluding hydrogens is 284 g/mol. The second-order valence-electron chi connectivity index (χ2n) is 6.12. The second kappa shape index (κ2) is 5.16. The van der Waals surface area contributed by atoms with E-state index >= 15 is 0 Å². The molecule has 1 atom stereocenters. The Bertz CT molecular complexity index is 949. The van der Waals surface area contributed by atoms with Crippen LogP contribution in [0.3, 0.4) is 0 Å². The summed E-state index contributed by atoms with van der Waals surface area (Å²) in [5.41, 5.74) is 6.42. The fourth-order valence-electron chi connectivity index (χ4n) is 3.43. The monoisotopic (exact) mass is 302 g/mol. The van der Waals surface area contributed by atoms with Crippen LogP contribution in [-0.2, 0) is 0 Å². The van der Waals surface area contributed by atoms with Gasteiger partial charge in [-0.25, -0.2) is 0 Å². The van der Waals surface area contributed by atoms with Crippen molar-refractivity contribution >= 4 is 10.8 Å². The lowest BCUT2D eigenvalue weighted by Crippen LogP contribution is -2.00. The molecular formula is C19H18N4. The molecule has 23 heavy (non-hydrogen) atoms. The lowest BCUT2D eigenvalue weighted by molar-refractivity contribution is 0.881.